The fourth-order valence-corrected chi connectivity index (χ4v) is 2.69. The largest absolute Gasteiger partial charge is 0.382 e. The molecule has 0 aliphatic carbocycles. The summed E-state index contributed by atoms with van der Waals surface area (Å²) in [4.78, 5) is 8.78. The standard InChI is InChI=1S/C17H11N5/c18-10-12-15(11-6-2-1-3-7-11)22-14-9-5-4-8-13(14)20-17(22)21-16(12)19/h1-9H,(H2,19,20,21). The molecular formula is C17H11N5. The fraction of sp³-hybridized carbons (Fsp3) is 0. The van der Waals surface area contributed by atoms with Gasteiger partial charge in [-0.25, -0.2) is 4.98 Å². The zero-order chi connectivity index (χ0) is 15.1. The number of nitriles is 1. The highest BCUT2D eigenvalue weighted by molar-refractivity contribution is 5.85. The van der Waals surface area contributed by atoms with Gasteiger partial charge in [0.2, 0.25) is 5.78 Å². The van der Waals surface area contributed by atoms with E-state index in [9.17, 15) is 5.26 Å². The minimum absolute atomic E-state index is 0.198. The Bertz CT molecular complexity index is 1040. The van der Waals surface area contributed by atoms with Crippen molar-refractivity contribution in [3.05, 3.63) is 60.2 Å². The molecule has 0 atom stereocenters. The molecule has 0 aliphatic heterocycles. The Morgan fingerprint density at radius 2 is 1.68 bits per heavy atom. The molecule has 2 heterocycles. The Kier molecular flexibility index (Phi) is 2.57. The summed E-state index contributed by atoms with van der Waals surface area (Å²) in [6.45, 7) is 0. The van der Waals surface area contributed by atoms with Crippen molar-refractivity contribution in [3.8, 4) is 17.3 Å². The number of benzene rings is 2. The van der Waals surface area contributed by atoms with Crippen LogP contribution in [-0.2, 0) is 0 Å². The Balaban J connectivity index is 2.27. The van der Waals surface area contributed by atoms with Gasteiger partial charge in [0.1, 0.15) is 17.5 Å². The molecule has 2 aromatic heterocycles. The van der Waals surface area contributed by atoms with Crippen LogP contribution in [0.25, 0.3) is 28.1 Å². The van der Waals surface area contributed by atoms with Gasteiger partial charge >= 0.3 is 0 Å². The minimum Gasteiger partial charge on any atom is -0.382 e. The van der Waals surface area contributed by atoms with E-state index in [0.29, 0.717) is 11.3 Å². The van der Waals surface area contributed by atoms with Crippen molar-refractivity contribution in [2.24, 2.45) is 0 Å². The Labute approximate surface area is 126 Å². The van der Waals surface area contributed by atoms with Gasteiger partial charge in [-0.2, -0.15) is 10.2 Å². The first kappa shape index (κ1) is 12.4. The van der Waals surface area contributed by atoms with E-state index in [0.717, 1.165) is 22.3 Å². The summed E-state index contributed by atoms with van der Waals surface area (Å²) >= 11 is 0. The molecule has 0 radical (unpaired) electrons. The molecule has 4 rings (SSSR count). The van der Waals surface area contributed by atoms with E-state index in [2.05, 4.69) is 16.0 Å². The van der Waals surface area contributed by atoms with Crippen LogP contribution < -0.4 is 5.73 Å². The van der Waals surface area contributed by atoms with E-state index in [4.69, 9.17) is 5.73 Å². The third kappa shape index (κ3) is 1.64. The topological polar surface area (TPSA) is 80.0 Å². The van der Waals surface area contributed by atoms with Crippen LogP contribution >= 0.6 is 0 Å². The van der Waals surface area contributed by atoms with Gasteiger partial charge in [0.15, 0.2) is 0 Å². The molecule has 104 valence electrons. The predicted octanol–water partition coefficient (Wildman–Crippen LogP) is 3.00. The lowest BCUT2D eigenvalue weighted by Gasteiger charge is -2.10. The maximum Gasteiger partial charge on any atom is 0.237 e. The quantitative estimate of drug-likeness (QED) is 0.583. The molecule has 0 aliphatic rings. The average Bonchev–Trinajstić information content (AvgIpc) is 2.92. The molecule has 5 heteroatoms. The first-order chi connectivity index (χ1) is 10.8. The number of nitrogens with zero attached hydrogens (tertiary/aromatic N) is 4. The molecule has 5 nitrogen and oxygen atoms in total. The first-order valence-electron chi connectivity index (χ1n) is 6.82. The van der Waals surface area contributed by atoms with Gasteiger partial charge in [-0.15, -0.1) is 0 Å². The van der Waals surface area contributed by atoms with Crippen molar-refractivity contribution in [1.82, 2.24) is 14.4 Å². The lowest BCUT2D eigenvalue weighted by Crippen LogP contribution is -2.04. The summed E-state index contributed by atoms with van der Waals surface area (Å²) in [5, 5.41) is 9.53. The molecule has 2 N–H and O–H groups in total. The van der Waals surface area contributed by atoms with Crippen LogP contribution in [0.4, 0.5) is 5.82 Å². The van der Waals surface area contributed by atoms with Gasteiger partial charge in [0, 0.05) is 5.56 Å². The molecule has 22 heavy (non-hydrogen) atoms. The number of hydrogen-bond donors (Lipinski definition) is 1. The van der Waals surface area contributed by atoms with Crippen molar-refractivity contribution < 1.29 is 0 Å². The molecule has 0 fully saturated rings. The maximum absolute atomic E-state index is 9.53. The summed E-state index contributed by atoms with van der Waals surface area (Å²) in [5.41, 5.74) is 9.68. The number of imidazole rings is 1. The fourth-order valence-electron chi connectivity index (χ4n) is 2.69. The number of fused-ring (bicyclic) bond motifs is 3. The van der Waals surface area contributed by atoms with Gasteiger partial charge < -0.3 is 5.73 Å². The van der Waals surface area contributed by atoms with Crippen LogP contribution in [0.2, 0.25) is 0 Å². The molecule has 4 aromatic rings. The molecule has 2 aromatic carbocycles. The summed E-state index contributed by atoms with van der Waals surface area (Å²) in [6, 6.07) is 19.6. The molecule has 0 spiro atoms. The number of aromatic nitrogens is 3. The SMILES string of the molecule is N#Cc1c(N)nc2nc3ccccc3n2c1-c1ccccc1. The van der Waals surface area contributed by atoms with Crippen LogP contribution in [0.1, 0.15) is 5.56 Å². The van der Waals surface area contributed by atoms with Crippen molar-refractivity contribution in [2.45, 2.75) is 0 Å². The molecule has 0 saturated heterocycles. The highest BCUT2D eigenvalue weighted by Crippen LogP contribution is 2.30. The summed E-state index contributed by atoms with van der Waals surface area (Å²) in [7, 11) is 0. The summed E-state index contributed by atoms with van der Waals surface area (Å²) in [5.74, 6) is 0.695. The second-order valence-corrected chi connectivity index (χ2v) is 4.93. The van der Waals surface area contributed by atoms with Crippen LogP contribution in [0.15, 0.2) is 54.6 Å². The lowest BCUT2D eigenvalue weighted by atomic mass is 10.1. The zero-order valence-electron chi connectivity index (χ0n) is 11.6. The van der Waals surface area contributed by atoms with Crippen molar-refractivity contribution >= 4 is 22.6 Å². The van der Waals surface area contributed by atoms with E-state index < -0.39 is 0 Å². The summed E-state index contributed by atoms with van der Waals surface area (Å²) in [6.07, 6.45) is 0. The highest BCUT2D eigenvalue weighted by Gasteiger charge is 2.18. The van der Waals surface area contributed by atoms with Gasteiger partial charge in [-0.3, -0.25) is 4.40 Å². The molecule has 0 saturated carbocycles. The maximum atomic E-state index is 9.53. The van der Waals surface area contributed by atoms with E-state index >= 15 is 0 Å². The second kappa shape index (κ2) is 4.57. The van der Waals surface area contributed by atoms with E-state index in [1.165, 1.54) is 0 Å². The first-order valence-corrected chi connectivity index (χ1v) is 6.82. The number of nitrogen functional groups attached to an aromatic ring is 1. The van der Waals surface area contributed by atoms with E-state index in [1.54, 1.807) is 0 Å². The van der Waals surface area contributed by atoms with Gasteiger partial charge in [0.05, 0.1) is 16.7 Å². The van der Waals surface area contributed by atoms with Crippen molar-refractivity contribution in [3.63, 3.8) is 0 Å². The number of hydrogen-bond acceptors (Lipinski definition) is 4. The van der Waals surface area contributed by atoms with Crippen LogP contribution in [0, 0.1) is 11.3 Å². The minimum atomic E-state index is 0.198. The van der Waals surface area contributed by atoms with Crippen molar-refractivity contribution in [2.75, 3.05) is 5.73 Å². The zero-order valence-corrected chi connectivity index (χ0v) is 11.6. The van der Waals surface area contributed by atoms with Crippen LogP contribution in [-0.4, -0.2) is 14.4 Å². The predicted molar refractivity (Wildman–Crippen MR) is 85.1 cm³/mol. The van der Waals surface area contributed by atoms with Gasteiger partial charge in [-0.1, -0.05) is 42.5 Å². The van der Waals surface area contributed by atoms with Crippen molar-refractivity contribution in [1.29, 1.82) is 5.26 Å². The third-order valence-corrected chi connectivity index (χ3v) is 3.64. The van der Waals surface area contributed by atoms with Crippen LogP contribution in [0.3, 0.4) is 0 Å². The average molecular weight is 285 g/mol. The third-order valence-electron chi connectivity index (χ3n) is 3.64. The second-order valence-electron chi connectivity index (χ2n) is 4.93. The molecule has 0 bridgehead atoms. The van der Waals surface area contributed by atoms with Crippen LogP contribution in [0.5, 0.6) is 0 Å². The Morgan fingerprint density at radius 1 is 0.955 bits per heavy atom. The number of anilines is 1. The number of para-hydroxylation sites is 2. The highest BCUT2D eigenvalue weighted by atomic mass is 15.1. The monoisotopic (exact) mass is 285 g/mol. The smallest absolute Gasteiger partial charge is 0.237 e. The van der Waals surface area contributed by atoms with E-state index in [-0.39, 0.29) is 5.82 Å². The lowest BCUT2D eigenvalue weighted by molar-refractivity contribution is 1.13. The number of nitrogens with two attached hydrogens (primary N) is 1. The normalized spacial score (nSPS) is 10.9. The van der Waals surface area contributed by atoms with Gasteiger partial charge in [0.25, 0.3) is 0 Å². The summed E-state index contributed by atoms with van der Waals surface area (Å²) < 4.78 is 1.89. The molecule has 0 unspecified atom stereocenters. The molecular weight excluding hydrogens is 274 g/mol. The number of rotatable bonds is 1. The molecule has 0 amide bonds. The van der Waals surface area contributed by atoms with E-state index in [1.807, 2.05) is 59.0 Å². The Hall–Kier alpha value is -3.39. The van der Waals surface area contributed by atoms with Gasteiger partial charge in [-0.05, 0) is 12.1 Å². The Morgan fingerprint density at radius 3 is 2.45 bits per heavy atom.